The highest BCUT2D eigenvalue weighted by atomic mass is 16.5. The topological polar surface area (TPSA) is 84.7 Å². The molecule has 0 spiro atoms. The number of hydrogen-bond acceptors (Lipinski definition) is 4. The second-order valence-electron chi connectivity index (χ2n) is 7.03. The molecule has 1 aromatic carbocycles. The molecule has 3 atom stereocenters. The Hall–Kier alpha value is -2.08. The Morgan fingerprint density at radius 1 is 1.28 bits per heavy atom. The average molecular weight is 345 g/mol. The summed E-state index contributed by atoms with van der Waals surface area (Å²) in [5, 5.41) is 2.94. The third kappa shape index (κ3) is 3.95. The minimum absolute atomic E-state index is 0.0802. The molecule has 1 aromatic rings. The van der Waals surface area contributed by atoms with Gasteiger partial charge in [0.2, 0.25) is 11.8 Å². The first-order valence-electron chi connectivity index (χ1n) is 9.03. The summed E-state index contributed by atoms with van der Waals surface area (Å²) in [5.41, 5.74) is 6.52. The number of likely N-dealkylation sites (tertiary alicyclic amines) is 1. The zero-order valence-corrected chi connectivity index (χ0v) is 14.7. The predicted octanol–water partition coefficient (Wildman–Crippen LogP) is 1.43. The fourth-order valence-electron chi connectivity index (χ4n) is 4.32. The van der Waals surface area contributed by atoms with Crippen molar-refractivity contribution in [1.29, 1.82) is 0 Å². The van der Waals surface area contributed by atoms with Gasteiger partial charge in [-0.3, -0.25) is 14.5 Å². The van der Waals surface area contributed by atoms with E-state index in [2.05, 4.69) is 5.32 Å². The Morgan fingerprint density at radius 2 is 2.04 bits per heavy atom. The van der Waals surface area contributed by atoms with Crippen LogP contribution in [0.4, 0.5) is 0 Å². The minimum atomic E-state index is -0.315. The Bertz CT molecular complexity index is 634. The summed E-state index contributed by atoms with van der Waals surface area (Å²) in [4.78, 5) is 26.3. The molecule has 0 radical (unpaired) electrons. The molecular formula is C19H27N3O3. The first kappa shape index (κ1) is 17.7. The van der Waals surface area contributed by atoms with Crippen LogP contribution in [0, 0.1) is 5.92 Å². The van der Waals surface area contributed by atoms with Gasteiger partial charge in [-0.1, -0.05) is 31.0 Å². The molecule has 2 amide bonds. The van der Waals surface area contributed by atoms with Crippen molar-refractivity contribution in [2.75, 3.05) is 13.7 Å². The van der Waals surface area contributed by atoms with Gasteiger partial charge in [-0.05, 0) is 31.2 Å². The van der Waals surface area contributed by atoms with Crippen LogP contribution in [0.3, 0.4) is 0 Å². The zero-order chi connectivity index (χ0) is 17.8. The number of amides is 2. The van der Waals surface area contributed by atoms with E-state index in [9.17, 15) is 9.59 Å². The molecule has 1 heterocycles. The summed E-state index contributed by atoms with van der Waals surface area (Å²) >= 11 is 0. The first-order valence-corrected chi connectivity index (χ1v) is 9.03. The Kier molecular flexibility index (Phi) is 5.58. The van der Waals surface area contributed by atoms with Crippen LogP contribution in [0.25, 0.3) is 0 Å². The second-order valence-corrected chi connectivity index (χ2v) is 7.03. The Balaban J connectivity index is 1.61. The van der Waals surface area contributed by atoms with Crippen molar-refractivity contribution < 1.29 is 14.3 Å². The number of nitrogens with two attached hydrogens (primary N) is 1. The molecular weight excluding hydrogens is 318 g/mol. The summed E-state index contributed by atoms with van der Waals surface area (Å²) in [7, 11) is 1.62. The maximum absolute atomic E-state index is 12.5. The molecule has 25 heavy (non-hydrogen) atoms. The molecule has 0 unspecified atom stereocenters. The van der Waals surface area contributed by atoms with Gasteiger partial charge in [0.25, 0.3) is 0 Å². The van der Waals surface area contributed by atoms with E-state index in [1.165, 1.54) is 6.42 Å². The second kappa shape index (κ2) is 7.87. The number of carbonyl (C=O) groups is 2. The van der Waals surface area contributed by atoms with Gasteiger partial charge in [0.15, 0.2) is 0 Å². The number of methoxy groups -OCH3 is 1. The molecule has 6 nitrogen and oxygen atoms in total. The quantitative estimate of drug-likeness (QED) is 0.817. The average Bonchev–Trinajstić information content (AvgIpc) is 2.99. The van der Waals surface area contributed by atoms with E-state index in [4.69, 9.17) is 10.5 Å². The number of ether oxygens (including phenoxy) is 1. The molecule has 6 heteroatoms. The van der Waals surface area contributed by atoms with Gasteiger partial charge < -0.3 is 15.8 Å². The molecule has 1 saturated carbocycles. The van der Waals surface area contributed by atoms with Crippen LogP contribution in [-0.2, 0) is 16.1 Å². The van der Waals surface area contributed by atoms with Gasteiger partial charge in [-0.25, -0.2) is 0 Å². The van der Waals surface area contributed by atoms with Crippen LogP contribution in [0.2, 0.25) is 0 Å². The zero-order valence-electron chi connectivity index (χ0n) is 14.7. The summed E-state index contributed by atoms with van der Waals surface area (Å²) in [6.45, 7) is 0.635. The fraction of sp³-hybridized carbons (Fsp3) is 0.579. The molecule has 3 rings (SSSR count). The molecule has 0 aromatic heterocycles. The molecule has 1 saturated heterocycles. The van der Waals surface area contributed by atoms with E-state index in [-0.39, 0.29) is 24.4 Å². The normalized spacial score (nSPS) is 26.0. The standard InChI is InChI=1S/C19H27N3O3/c1-25-17-9-5-3-7-14(17)11-21-18(23)12-22-15-8-4-2-6-13(15)10-16(22)19(20)24/h3,5,7,9,13,15-16H,2,4,6,8,10-12H2,1H3,(H2,20,24)(H,21,23)/t13-,15+,16-/m0/s1. The van der Waals surface area contributed by atoms with E-state index in [1.807, 2.05) is 29.2 Å². The third-order valence-electron chi connectivity index (χ3n) is 5.54. The Labute approximate surface area is 148 Å². The number of carbonyl (C=O) groups excluding carboxylic acids is 2. The van der Waals surface area contributed by atoms with Crippen LogP contribution in [-0.4, -0.2) is 42.5 Å². The summed E-state index contributed by atoms with van der Waals surface area (Å²) < 4.78 is 5.31. The summed E-state index contributed by atoms with van der Waals surface area (Å²) in [5.74, 6) is 0.856. The highest BCUT2D eigenvalue weighted by Crippen LogP contribution is 2.39. The summed E-state index contributed by atoms with van der Waals surface area (Å²) in [6.07, 6.45) is 5.34. The van der Waals surface area contributed by atoms with Crippen molar-refractivity contribution in [3.63, 3.8) is 0 Å². The van der Waals surface area contributed by atoms with Crippen molar-refractivity contribution in [1.82, 2.24) is 10.2 Å². The smallest absolute Gasteiger partial charge is 0.234 e. The summed E-state index contributed by atoms with van der Waals surface area (Å²) in [6, 6.07) is 7.61. The molecule has 136 valence electrons. The molecule has 1 aliphatic heterocycles. The van der Waals surface area contributed by atoms with Gasteiger partial charge in [-0.2, -0.15) is 0 Å². The molecule has 3 N–H and O–H groups in total. The van der Waals surface area contributed by atoms with E-state index in [0.717, 1.165) is 37.0 Å². The van der Waals surface area contributed by atoms with Crippen LogP contribution in [0.5, 0.6) is 5.75 Å². The van der Waals surface area contributed by atoms with Gasteiger partial charge in [-0.15, -0.1) is 0 Å². The number of para-hydroxylation sites is 1. The van der Waals surface area contributed by atoms with Gasteiger partial charge in [0.1, 0.15) is 5.75 Å². The minimum Gasteiger partial charge on any atom is -0.496 e. The predicted molar refractivity (Wildman–Crippen MR) is 94.9 cm³/mol. The largest absolute Gasteiger partial charge is 0.496 e. The Morgan fingerprint density at radius 3 is 2.80 bits per heavy atom. The lowest BCUT2D eigenvalue weighted by Crippen LogP contribution is -2.49. The van der Waals surface area contributed by atoms with Gasteiger partial charge in [0, 0.05) is 18.2 Å². The molecule has 2 aliphatic rings. The van der Waals surface area contributed by atoms with E-state index in [1.54, 1.807) is 7.11 Å². The monoisotopic (exact) mass is 345 g/mol. The number of rotatable bonds is 6. The van der Waals surface area contributed by atoms with E-state index < -0.39 is 0 Å². The van der Waals surface area contributed by atoms with Crippen molar-refractivity contribution in [3.05, 3.63) is 29.8 Å². The van der Waals surface area contributed by atoms with Crippen LogP contribution >= 0.6 is 0 Å². The number of primary amides is 1. The molecule has 0 bridgehead atoms. The molecule has 1 aliphatic carbocycles. The lowest BCUT2D eigenvalue weighted by molar-refractivity contribution is -0.126. The number of nitrogens with one attached hydrogen (secondary N) is 1. The van der Waals surface area contributed by atoms with Crippen molar-refractivity contribution in [2.45, 2.75) is 50.7 Å². The van der Waals surface area contributed by atoms with Crippen molar-refractivity contribution in [3.8, 4) is 5.75 Å². The highest BCUT2D eigenvalue weighted by Gasteiger charge is 2.44. The van der Waals surface area contributed by atoms with Crippen molar-refractivity contribution >= 4 is 11.8 Å². The van der Waals surface area contributed by atoms with E-state index >= 15 is 0 Å². The highest BCUT2D eigenvalue weighted by molar-refractivity contribution is 5.83. The fourth-order valence-corrected chi connectivity index (χ4v) is 4.32. The van der Waals surface area contributed by atoms with Crippen LogP contribution in [0.15, 0.2) is 24.3 Å². The van der Waals surface area contributed by atoms with Crippen LogP contribution < -0.4 is 15.8 Å². The number of fused-ring (bicyclic) bond motifs is 1. The number of benzene rings is 1. The van der Waals surface area contributed by atoms with Crippen molar-refractivity contribution in [2.24, 2.45) is 11.7 Å². The number of nitrogens with zero attached hydrogens (tertiary/aromatic N) is 1. The van der Waals surface area contributed by atoms with Gasteiger partial charge in [0.05, 0.1) is 19.7 Å². The maximum atomic E-state index is 12.5. The van der Waals surface area contributed by atoms with Gasteiger partial charge >= 0.3 is 0 Å². The number of hydrogen-bond donors (Lipinski definition) is 2. The first-order chi connectivity index (χ1) is 12.1. The third-order valence-corrected chi connectivity index (χ3v) is 5.54. The molecule has 2 fully saturated rings. The maximum Gasteiger partial charge on any atom is 0.234 e. The lowest BCUT2D eigenvalue weighted by atomic mass is 9.84. The lowest BCUT2D eigenvalue weighted by Gasteiger charge is -2.32. The van der Waals surface area contributed by atoms with E-state index in [0.29, 0.717) is 18.5 Å². The SMILES string of the molecule is COc1ccccc1CNC(=O)CN1[C@@H]2CCCC[C@H]2C[C@H]1C(N)=O. The van der Waals surface area contributed by atoms with Crippen LogP contribution in [0.1, 0.15) is 37.7 Å².